The molecule has 0 amide bonds. The van der Waals surface area contributed by atoms with Gasteiger partial charge in [-0.1, -0.05) is 6.07 Å². The van der Waals surface area contributed by atoms with Crippen molar-refractivity contribution in [3.05, 3.63) is 41.7 Å². The third kappa shape index (κ3) is 2.13. The van der Waals surface area contributed by atoms with Crippen LogP contribution in [-0.2, 0) is 0 Å². The van der Waals surface area contributed by atoms with Gasteiger partial charge < -0.3 is 5.32 Å². The molecular formula is C12H13F2N3. The summed E-state index contributed by atoms with van der Waals surface area (Å²) in [6, 6.07) is 4.08. The summed E-state index contributed by atoms with van der Waals surface area (Å²) in [7, 11) is 0. The molecule has 0 aliphatic heterocycles. The van der Waals surface area contributed by atoms with Gasteiger partial charge in [0, 0.05) is 12.7 Å². The molecule has 0 saturated heterocycles. The Balaban J connectivity index is 2.55. The average molecular weight is 237 g/mol. The van der Waals surface area contributed by atoms with E-state index < -0.39 is 11.6 Å². The molecule has 5 heteroatoms. The lowest BCUT2D eigenvalue weighted by Crippen LogP contribution is -2.06. The minimum atomic E-state index is -0.871. The zero-order valence-electron chi connectivity index (χ0n) is 9.67. The van der Waals surface area contributed by atoms with Crippen LogP contribution in [0.25, 0.3) is 5.69 Å². The summed E-state index contributed by atoms with van der Waals surface area (Å²) in [4.78, 5) is 4.21. The van der Waals surface area contributed by atoms with Crippen molar-refractivity contribution in [2.45, 2.75) is 13.8 Å². The van der Waals surface area contributed by atoms with Gasteiger partial charge in [0.25, 0.3) is 0 Å². The van der Waals surface area contributed by atoms with Crippen molar-refractivity contribution in [1.29, 1.82) is 0 Å². The number of imidazole rings is 1. The zero-order valence-corrected chi connectivity index (χ0v) is 9.67. The van der Waals surface area contributed by atoms with Crippen LogP contribution in [0.3, 0.4) is 0 Å². The normalized spacial score (nSPS) is 10.6. The molecule has 0 saturated carbocycles. The minimum Gasteiger partial charge on any atom is -0.356 e. The first-order valence-corrected chi connectivity index (χ1v) is 5.37. The van der Waals surface area contributed by atoms with Gasteiger partial charge in [-0.3, -0.25) is 4.57 Å². The molecule has 0 aliphatic carbocycles. The van der Waals surface area contributed by atoms with Crippen LogP contribution >= 0.6 is 0 Å². The van der Waals surface area contributed by atoms with Crippen LogP contribution in [0.1, 0.15) is 12.6 Å². The lowest BCUT2D eigenvalue weighted by Gasteiger charge is -2.09. The van der Waals surface area contributed by atoms with E-state index in [1.807, 2.05) is 6.92 Å². The fourth-order valence-electron chi connectivity index (χ4n) is 1.64. The van der Waals surface area contributed by atoms with Crippen molar-refractivity contribution in [2.24, 2.45) is 0 Å². The van der Waals surface area contributed by atoms with E-state index in [1.165, 1.54) is 16.7 Å². The highest BCUT2D eigenvalue weighted by atomic mass is 19.2. The molecule has 0 radical (unpaired) electrons. The predicted octanol–water partition coefficient (Wildman–Crippen LogP) is 2.89. The van der Waals surface area contributed by atoms with E-state index in [9.17, 15) is 8.78 Å². The molecule has 17 heavy (non-hydrogen) atoms. The van der Waals surface area contributed by atoms with E-state index in [4.69, 9.17) is 0 Å². The lowest BCUT2D eigenvalue weighted by atomic mass is 10.3. The van der Waals surface area contributed by atoms with Crippen LogP contribution in [0.15, 0.2) is 24.4 Å². The van der Waals surface area contributed by atoms with Crippen molar-refractivity contribution in [3.63, 3.8) is 0 Å². The molecular weight excluding hydrogens is 224 g/mol. The van der Waals surface area contributed by atoms with Gasteiger partial charge in [-0.15, -0.1) is 0 Å². The van der Waals surface area contributed by atoms with Gasteiger partial charge in [0.15, 0.2) is 11.6 Å². The molecule has 1 aromatic heterocycles. The van der Waals surface area contributed by atoms with Crippen molar-refractivity contribution in [2.75, 3.05) is 11.9 Å². The molecule has 0 fully saturated rings. The molecule has 2 aromatic rings. The Bertz CT molecular complexity index is 535. The smallest absolute Gasteiger partial charge is 0.207 e. The molecule has 90 valence electrons. The number of hydrogen-bond donors (Lipinski definition) is 1. The Hall–Kier alpha value is -1.91. The standard InChI is InChI=1S/C12H13F2N3/c1-3-15-12-16-8(2)7-17(12)10-6-4-5-9(13)11(10)14/h4-7H,3H2,1-2H3,(H,15,16). The summed E-state index contributed by atoms with van der Waals surface area (Å²) in [5.74, 6) is -1.23. The number of nitrogens with one attached hydrogen (secondary N) is 1. The highest BCUT2D eigenvalue weighted by Gasteiger charge is 2.13. The molecule has 1 aromatic carbocycles. The highest BCUT2D eigenvalue weighted by molar-refractivity contribution is 5.44. The van der Waals surface area contributed by atoms with Gasteiger partial charge in [-0.05, 0) is 26.0 Å². The van der Waals surface area contributed by atoms with Gasteiger partial charge in [-0.25, -0.2) is 13.8 Å². The molecule has 0 bridgehead atoms. The second-order valence-corrected chi connectivity index (χ2v) is 3.68. The molecule has 0 atom stereocenters. The fraction of sp³-hybridized carbons (Fsp3) is 0.250. The van der Waals surface area contributed by atoms with Crippen molar-refractivity contribution >= 4 is 5.95 Å². The first-order valence-electron chi connectivity index (χ1n) is 5.37. The lowest BCUT2D eigenvalue weighted by molar-refractivity contribution is 0.504. The van der Waals surface area contributed by atoms with Crippen LogP contribution in [0, 0.1) is 18.6 Å². The third-order valence-corrected chi connectivity index (χ3v) is 2.35. The Morgan fingerprint density at radius 3 is 2.82 bits per heavy atom. The number of halogens is 2. The number of nitrogens with zero attached hydrogens (tertiary/aromatic N) is 2. The van der Waals surface area contributed by atoms with Crippen molar-refractivity contribution in [1.82, 2.24) is 9.55 Å². The summed E-state index contributed by atoms with van der Waals surface area (Å²) < 4.78 is 28.3. The first kappa shape index (κ1) is 11.6. The van der Waals surface area contributed by atoms with Gasteiger partial charge in [0.2, 0.25) is 5.95 Å². The summed E-state index contributed by atoms with van der Waals surface area (Å²) >= 11 is 0. The molecule has 1 N–H and O–H groups in total. The zero-order chi connectivity index (χ0) is 12.4. The Morgan fingerprint density at radius 1 is 1.35 bits per heavy atom. The van der Waals surface area contributed by atoms with Gasteiger partial charge in [-0.2, -0.15) is 0 Å². The molecule has 0 unspecified atom stereocenters. The second kappa shape index (κ2) is 4.53. The van der Waals surface area contributed by atoms with Crippen LogP contribution in [-0.4, -0.2) is 16.1 Å². The van der Waals surface area contributed by atoms with Crippen LogP contribution in [0.4, 0.5) is 14.7 Å². The Morgan fingerprint density at radius 2 is 2.12 bits per heavy atom. The number of hydrogen-bond acceptors (Lipinski definition) is 2. The summed E-state index contributed by atoms with van der Waals surface area (Å²) in [6.07, 6.45) is 1.66. The number of anilines is 1. The van der Waals surface area contributed by atoms with Crippen molar-refractivity contribution < 1.29 is 8.78 Å². The maximum Gasteiger partial charge on any atom is 0.207 e. The highest BCUT2D eigenvalue weighted by Crippen LogP contribution is 2.21. The topological polar surface area (TPSA) is 29.9 Å². The van der Waals surface area contributed by atoms with Gasteiger partial charge in [0.05, 0.1) is 11.4 Å². The number of aromatic nitrogens is 2. The summed E-state index contributed by atoms with van der Waals surface area (Å²) in [5.41, 5.74) is 0.895. The molecule has 1 heterocycles. The SMILES string of the molecule is CCNc1nc(C)cn1-c1cccc(F)c1F. The van der Waals surface area contributed by atoms with E-state index in [2.05, 4.69) is 10.3 Å². The first-order chi connectivity index (χ1) is 8.13. The maximum absolute atomic E-state index is 13.7. The van der Waals surface area contributed by atoms with Gasteiger partial charge >= 0.3 is 0 Å². The Kier molecular flexibility index (Phi) is 3.08. The Labute approximate surface area is 98.1 Å². The number of rotatable bonds is 3. The molecule has 0 spiro atoms. The van der Waals surface area contributed by atoms with Crippen molar-refractivity contribution in [3.8, 4) is 5.69 Å². The fourth-order valence-corrected chi connectivity index (χ4v) is 1.64. The van der Waals surface area contributed by atoms with Crippen LogP contribution in [0.2, 0.25) is 0 Å². The predicted molar refractivity (Wildman–Crippen MR) is 62.4 cm³/mol. The quantitative estimate of drug-likeness (QED) is 0.889. The minimum absolute atomic E-state index is 0.154. The maximum atomic E-state index is 13.7. The molecule has 0 aliphatic rings. The molecule has 3 nitrogen and oxygen atoms in total. The van der Waals surface area contributed by atoms with E-state index in [0.717, 1.165) is 11.8 Å². The number of aryl methyl sites for hydroxylation is 1. The average Bonchev–Trinajstić information content (AvgIpc) is 2.64. The van der Waals surface area contributed by atoms with Crippen LogP contribution in [0.5, 0.6) is 0 Å². The summed E-state index contributed by atoms with van der Waals surface area (Å²) in [6.45, 7) is 4.37. The van der Waals surface area contributed by atoms with E-state index in [1.54, 1.807) is 13.1 Å². The van der Waals surface area contributed by atoms with E-state index >= 15 is 0 Å². The monoisotopic (exact) mass is 237 g/mol. The summed E-state index contributed by atoms with van der Waals surface area (Å²) in [5, 5.41) is 3.00. The number of benzene rings is 1. The van der Waals surface area contributed by atoms with E-state index in [0.29, 0.717) is 12.5 Å². The van der Waals surface area contributed by atoms with Crippen LogP contribution < -0.4 is 5.32 Å². The third-order valence-electron chi connectivity index (χ3n) is 2.35. The van der Waals surface area contributed by atoms with E-state index in [-0.39, 0.29) is 5.69 Å². The van der Waals surface area contributed by atoms with Gasteiger partial charge in [0.1, 0.15) is 0 Å². The largest absolute Gasteiger partial charge is 0.356 e. The molecule has 2 rings (SSSR count). The second-order valence-electron chi connectivity index (χ2n) is 3.68.